The number of carboxylic acid groups (broad SMARTS) is 1. The lowest BCUT2D eigenvalue weighted by Crippen LogP contribution is -2.31. The number of urea groups is 1. The Morgan fingerprint density at radius 3 is 2.65 bits per heavy atom. The molecule has 17 heavy (non-hydrogen) atoms. The average molecular weight is 234 g/mol. The van der Waals surface area contributed by atoms with Crippen molar-refractivity contribution in [2.45, 2.75) is 6.92 Å². The Morgan fingerprint density at radius 2 is 2.12 bits per heavy atom. The molecular weight excluding hydrogens is 224 g/mol. The highest BCUT2D eigenvalue weighted by Crippen LogP contribution is 2.24. The molecule has 3 amide bonds. The third-order valence-corrected chi connectivity index (χ3v) is 2.62. The molecule has 1 aliphatic rings. The van der Waals surface area contributed by atoms with Crippen molar-refractivity contribution in [3.8, 4) is 0 Å². The lowest BCUT2D eigenvalue weighted by Gasteiger charge is -2.16. The largest absolute Gasteiger partial charge is 0.478 e. The molecule has 0 aromatic heterocycles. The van der Waals surface area contributed by atoms with E-state index in [1.165, 1.54) is 12.1 Å². The van der Waals surface area contributed by atoms with Crippen molar-refractivity contribution in [1.29, 1.82) is 0 Å². The van der Waals surface area contributed by atoms with Crippen LogP contribution in [0.2, 0.25) is 0 Å². The van der Waals surface area contributed by atoms with Crippen molar-refractivity contribution in [2.75, 3.05) is 11.4 Å². The normalized spacial score (nSPS) is 15.0. The van der Waals surface area contributed by atoms with E-state index in [-0.39, 0.29) is 18.0 Å². The Hall–Kier alpha value is -2.37. The molecule has 0 saturated carbocycles. The number of carbonyl (C=O) groups is 3. The maximum absolute atomic E-state index is 11.5. The van der Waals surface area contributed by atoms with Crippen LogP contribution in [0.15, 0.2) is 18.2 Å². The molecule has 88 valence electrons. The van der Waals surface area contributed by atoms with Gasteiger partial charge in [0.15, 0.2) is 0 Å². The first-order chi connectivity index (χ1) is 8.02. The summed E-state index contributed by atoms with van der Waals surface area (Å²) in [5, 5.41) is 11.3. The summed E-state index contributed by atoms with van der Waals surface area (Å²) in [6, 6.07) is 3.95. The molecule has 1 aromatic carbocycles. The average Bonchev–Trinajstić information content (AvgIpc) is 2.59. The van der Waals surface area contributed by atoms with Gasteiger partial charge in [0.05, 0.1) is 17.8 Å². The van der Waals surface area contributed by atoms with Crippen molar-refractivity contribution in [1.82, 2.24) is 5.32 Å². The predicted octanol–water partition coefficient (Wildman–Crippen LogP) is 0.749. The fourth-order valence-electron chi connectivity index (χ4n) is 1.76. The molecule has 1 aromatic rings. The van der Waals surface area contributed by atoms with Crippen LogP contribution in [0.4, 0.5) is 10.5 Å². The maximum Gasteiger partial charge on any atom is 0.336 e. The monoisotopic (exact) mass is 234 g/mol. The minimum Gasteiger partial charge on any atom is -0.478 e. The number of imide groups is 1. The quantitative estimate of drug-likeness (QED) is 0.739. The van der Waals surface area contributed by atoms with E-state index < -0.39 is 12.0 Å². The van der Waals surface area contributed by atoms with E-state index in [0.717, 1.165) is 4.90 Å². The van der Waals surface area contributed by atoms with Crippen LogP contribution in [0.3, 0.4) is 0 Å². The van der Waals surface area contributed by atoms with Gasteiger partial charge in [0.2, 0.25) is 0 Å². The number of aromatic carboxylic acids is 1. The van der Waals surface area contributed by atoms with Gasteiger partial charge in [0, 0.05) is 0 Å². The highest BCUT2D eigenvalue weighted by molar-refractivity contribution is 6.20. The smallest absolute Gasteiger partial charge is 0.336 e. The van der Waals surface area contributed by atoms with Gasteiger partial charge >= 0.3 is 12.0 Å². The van der Waals surface area contributed by atoms with Gasteiger partial charge in [-0.05, 0) is 24.6 Å². The molecule has 2 N–H and O–H groups in total. The van der Waals surface area contributed by atoms with Crippen LogP contribution in [0.1, 0.15) is 15.9 Å². The number of nitrogens with zero attached hydrogens (tertiary/aromatic N) is 1. The molecule has 6 heteroatoms. The zero-order chi connectivity index (χ0) is 12.6. The number of amides is 3. The first-order valence-corrected chi connectivity index (χ1v) is 4.96. The van der Waals surface area contributed by atoms with E-state index in [9.17, 15) is 14.4 Å². The fraction of sp³-hybridized carbons (Fsp3) is 0.182. The second-order valence-corrected chi connectivity index (χ2v) is 3.64. The Kier molecular flexibility index (Phi) is 2.55. The molecule has 6 nitrogen and oxygen atoms in total. The van der Waals surface area contributed by atoms with Gasteiger partial charge in [-0.1, -0.05) is 6.07 Å². The van der Waals surface area contributed by atoms with Crippen LogP contribution in [-0.4, -0.2) is 29.6 Å². The SMILES string of the molecule is Cc1c(C(=O)O)cccc1N1C(=O)CNC1=O. The number of rotatable bonds is 2. The van der Waals surface area contributed by atoms with Crippen LogP contribution < -0.4 is 10.2 Å². The summed E-state index contributed by atoms with van der Waals surface area (Å²) in [5.41, 5.74) is 0.783. The molecule has 0 spiro atoms. The highest BCUT2D eigenvalue weighted by atomic mass is 16.4. The van der Waals surface area contributed by atoms with Gasteiger partial charge in [-0.2, -0.15) is 0 Å². The Morgan fingerprint density at radius 1 is 1.41 bits per heavy atom. The van der Waals surface area contributed by atoms with E-state index in [4.69, 9.17) is 5.11 Å². The van der Waals surface area contributed by atoms with Crippen LogP contribution in [0.25, 0.3) is 0 Å². The first-order valence-electron chi connectivity index (χ1n) is 4.96. The summed E-state index contributed by atoms with van der Waals surface area (Å²) >= 11 is 0. The number of carboxylic acids is 1. The third kappa shape index (κ3) is 1.73. The predicted molar refractivity (Wildman–Crippen MR) is 59.0 cm³/mol. The molecule has 0 aliphatic carbocycles. The molecule has 1 heterocycles. The molecule has 0 atom stereocenters. The molecule has 1 saturated heterocycles. The Bertz CT molecular complexity index is 508. The van der Waals surface area contributed by atoms with Gasteiger partial charge in [0.25, 0.3) is 5.91 Å². The fourth-order valence-corrected chi connectivity index (χ4v) is 1.76. The zero-order valence-electron chi connectivity index (χ0n) is 9.06. The Balaban J connectivity index is 2.53. The molecule has 0 bridgehead atoms. The van der Waals surface area contributed by atoms with E-state index in [0.29, 0.717) is 11.3 Å². The number of hydrogen-bond donors (Lipinski definition) is 2. The van der Waals surface area contributed by atoms with Gasteiger partial charge in [-0.3, -0.25) is 4.79 Å². The Labute approximate surface area is 96.8 Å². The minimum absolute atomic E-state index is 0.0599. The highest BCUT2D eigenvalue weighted by Gasteiger charge is 2.31. The number of carbonyl (C=O) groups excluding carboxylic acids is 2. The number of anilines is 1. The van der Waals surface area contributed by atoms with Gasteiger partial charge in [-0.15, -0.1) is 0 Å². The van der Waals surface area contributed by atoms with Crippen molar-refractivity contribution in [3.05, 3.63) is 29.3 Å². The summed E-state index contributed by atoms with van der Waals surface area (Å²) in [6.45, 7) is 1.51. The topological polar surface area (TPSA) is 86.7 Å². The second-order valence-electron chi connectivity index (χ2n) is 3.64. The maximum atomic E-state index is 11.5. The van der Waals surface area contributed by atoms with Crippen LogP contribution in [-0.2, 0) is 4.79 Å². The third-order valence-electron chi connectivity index (χ3n) is 2.62. The van der Waals surface area contributed by atoms with Crippen molar-refractivity contribution in [2.24, 2.45) is 0 Å². The molecule has 1 fully saturated rings. The van der Waals surface area contributed by atoms with Gasteiger partial charge in [-0.25, -0.2) is 14.5 Å². The second kappa shape index (κ2) is 3.89. The number of nitrogens with one attached hydrogen (secondary N) is 1. The lowest BCUT2D eigenvalue weighted by atomic mass is 10.1. The van der Waals surface area contributed by atoms with Crippen molar-refractivity contribution < 1.29 is 19.5 Å². The van der Waals surface area contributed by atoms with Crippen molar-refractivity contribution in [3.63, 3.8) is 0 Å². The van der Waals surface area contributed by atoms with Crippen molar-refractivity contribution >= 4 is 23.6 Å². The first kappa shape index (κ1) is 11.1. The van der Waals surface area contributed by atoms with E-state index >= 15 is 0 Å². The molecular formula is C11H10N2O4. The molecule has 1 aliphatic heterocycles. The van der Waals surface area contributed by atoms with Crippen LogP contribution in [0, 0.1) is 6.92 Å². The van der Waals surface area contributed by atoms with E-state index in [1.807, 2.05) is 0 Å². The van der Waals surface area contributed by atoms with Gasteiger partial charge in [0.1, 0.15) is 0 Å². The van der Waals surface area contributed by atoms with Crippen LogP contribution >= 0.6 is 0 Å². The lowest BCUT2D eigenvalue weighted by molar-refractivity contribution is -0.115. The molecule has 0 radical (unpaired) electrons. The summed E-state index contributed by atoms with van der Waals surface area (Å²) in [4.78, 5) is 34.9. The number of hydrogen-bond acceptors (Lipinski definition) is 3. The standard InChI is InChI=1S/C11H10N2O4/c1-6-7(10(15)16)3-2-4-8(6)13-9(14)5-12-11(13)17/h2-4H,5H2,1H3,(H,12,17)(H,15,16). The van der Waals surface area contributed by atoms with Crippen LogP contribution in [0.5, 0.6) is 0 Å². The minimum atomic E-state index is -1.09. The van der Waals surface area contributed by atoms with Gasteiger partial charge < -0.3 is 10.4 Å². The van der Waals surface area contributed by atoms with E-state index in [1.54, 1.807) is 13.0 Å². The number of benzene rings is 1. The summed E-state index contributed by atoms with van der Waals surface area (Å²) in [7, 11) is 0. The zero-order valence-corrected chi connectivity index (χ0v) is 9.06. The molecule has 2 rings (SSSR count). The summed E-state index contributed by atoms with van der Waals surface area (Å²) in [6.07, 6.45) is 0. The van der Waals surface area contributed by atoms with E-state index in [2.05, 4.69) is 5.32 Å². The summed E-state index contributed by atoms with van der Waals surface area (Å²) in [5.74, 6) is -1.47. The molecule has 0 unspecified atom stereocenters. The summed E-state index contributed by atoms with van der Waals surface area (Å²) < 4.78 is 0.